The number of nitrogens with zero attached hydrogens (tertiary/aromatic N) is 3. The van der Waals surface area contributed by atoms with E-state index in [1.54, 1.807) is 7.05 Å². The quantitative estimate of drug-likeness (QED) is 0.482. The van der Waals surface area contributed by atoms with E-state index in [0.717, 1.165) is 43.5 Å². The standard InChI is InChI=1S/C21H29ClN4O/c1-16(17-6-5-7-18(22)14-17)19(23)24-20(25(2)15-27)26-12-10-21(11-13-26)8-3-4-9-21/h5-7,14-15H,3-4,8-13,23H2,1-2H3/b19-16+,24-20+. The van der Waals surface area contributed by atoms with Gasteiger partial charge in [0, 0.05) is 25.2 Å². The molecular weight excluding hydrogens is 360 g/mol. The fraction of sp³-hybridized carbons (Fsp3) is 0.524. The van der Waals surface area contributed by atoms with Crippen LogP contribution in [0.2, 0.25) is 5.02 Å². The summed E-state index contributed by atoms with van der Waals surface area (Å²) in [6.45, 7) is 3.76. The summed E-state index contributed by atoms with van der Waals surface area (Å²) in [4.78, 5) is 19.8. The molecule has 27 heavy (non-hydrogen) atoms. The molecule has 0 bridgehead atoms. The number of carbonyl (C=O) groups is 1. The summed E-state index contributed by atoms with van der Waals surface area (Å²) in [5, 5.41) is 0.659. The van der Waals surface area contributed by atoms with Gasteiger partial charge in [0.1, 0.15) is 5.82 Å². The lowest BCUT2D eigenvalue weighted by Gasteiger charge is -2.41. The molecule has 0 aromatic heterocycles. The predicted octanol–water partition coefficient (Wildman–Crippen LogP) is 4.09. The van der Waals surface area contributed by atoms with Crippen molar-refractivity contribution in [1.82, 2.24) is 9.80 Å². The molecule has 6 heteroatoms. The lowest BCUT2D eigenvalue weighted by molar-refractivity contribution is -0.114. The molecule has 2 N–H and O–H groups in total. The average Bonchev–Trinajstić information content (AvgIpc) is 3.13. The molecule has 146 valence electrons. The first-order valence-corrected chi connectivity index (χ1v) is 10.1. The lowest BCUT2D eigenvalue weighted by Crippen LogP contribution is -2.48. The minimum atomic E-state index is 0.405. The van der Waals surface area contributed by atoms with E-state index in [1.807, 2.05) is 31.2 Å². The third kappa shape index (κ3) is 4.46. The third-order valence-electron chi connectivity index (χ3n) is 6.11. The molecule has 1 aliphatic carbocycles. The summed E-state index contributed by atoms with van der Waals surface area (Å²) in [5.41, 5.74) is 8.58. The van der Waals surface area contributed by atoms with E-state index in [-0.39, 0.29) is 0 Å². The molecule has 0 radical (unpaired) electrons. The van der Waals surface area contributed by atoms with Crippen molar-refractivity contribution in [2.75, 3.05) is 20.1 Å². The lowest BCUT2D eigenvalue weighted by atomic mass is 9.77. The molecule has 1 aromatic rings. The number of aliphatic imine (C=N–C) groups is 1. The molecule has 2 fully saturated rings. The largest absolute Gasteiger partial charge is 0.383 e. The van der Waals surface area contributed by atoms with Crippen molar-refractivity contribution in [2.24, 2.45) is 16.1 Å². The summed E-state index contributed by atoms with van der Waals surface area (Å²) in [5.74, 6) is 1.03. The number of rotatable bonds is 3. The zero-order chi connectivity index (χ0) is 19.4. The number of benzene rings is 1. The Labute approximate surface area is 166 Å². The van der Waals surface area contributed by atoms with Crippen LogP contribution < -0.4 is 5.73 Å². The van der Waals surface area contributed by atoms with Crippen molar-refractivity contribution in [2.45, 2.75) is 45.4 Å². The van der Waals surface area contributed by atoms with Crippen LogP contribution >= 0.6 is 11.6 Å². The Morgan fingerprint density at radius 3 is 2.52 bits per heavy atom. The normalized spacial score (nSPS) is 20.6. The fourth-order valence-electron chi connectivity index (χ4n) is 4.29. The summed E-state index contributed by atoms with van der Waals surface area (Å²) < 4.78 is 0. The Bertz CT molecular complexity index is 742. The molecular formula is C21H29ClN4O. The van der Waals surface area contributed by atoms with Crippen molar-refractivity contribution < 1.29 is 4.79 Å². The van der Waals surface area contributed by atoms with Crippen LogP contribution in [0.4, 0.5) is 0 Å². The van der Waals surface area contributed by atoms with E-state index in [9.17, 15) is 4.79 Å². The zero-order valence-corrected chi connectivity index (χ0v) is 17.0. The number of hydrogen-bond acceptors (Lipinski definition) is 3. The second-order valence-corrected chi connectivity index (χ2v) is 8.28. The number of piperidine rings is 1. The molecule has 2 aliphatic rings. The van der Waals surface area contributed by atoms with Gasteiger partial charge in [-0.3, -0.25) is 9.69 Å². The van der Waals surface area contributed by atoms with E-state index in [4.69, 9.17) is 17.3 Å². The first-order valence-electron chi connectivity index (χ1n) is 9.68. The zero-order valence-electron chi connectivity index (χ0n) is 16.2. The van der Waals surface area contributed by atoms with Crippen LogP contribution in [0.3, 0.4) is 0 Å². The van der Waals surface area contributed by atoms with Gasteiger partial charge in [0.2, 0.25) is 12.4 Å². The molecule has 0 atom stereocenters. The van der Waals surface area contributed by atoms with Crippen LogP contribution in [-0.4, -0.2) is 42.3 Å². The van der Waals surface area contributed by atoms with Crippen molar-refractivity contribution in [3.05, 3.63) is 40.7 Å². The molecule has 1 heterocycles. The first kappa shape index (κ1) is 19.7. The molecule has 5 nitrogen and oxygen atoms in total. The van der Waals surface area contributed by atoms with Gasteiger partial charge in [-0.1, -0.05) is 36.6 Å². The smallest absolute Gasteiger partial charge is 0.216 e. The minimum Gasteiger partial charge on any atom is -0.383 e. The highest BCUT2D eigenvalue weighted by Gasteiger charge is 2.38. The minimum absolute atomic E-state index is 0.405. The number of halogens is 1. The van der Waals surface area contributed by atoms with Gasteiger partial charge in [0.05, 0.1) is 0 Å². The molecule has 0 unspecified atom stereocenters. The maximum absolute atomic E-state index is 11.4. The average molecular weight is 389 g/mol. The highest BCUT2D eigenvalue weighted by Crippen LogP contribution is 2.46. The van der Waals surface area contributed by atoms with E-state index < -0.39 is 0 Å². The summed E-state index contributed by atoms with van der Waals surface area (Å²) in [6.07, 6.45) is 8.50. The van der Waals surface area contributed by atoms with Crippen LogP contribution in [0.5, 0.6) is 0 Å². The van der Waals surface area contributed by atoms with E-state index in [1.165, 1.54) is 30.6 Å². The van der Waals surface area contributed by atoms with Crippen molar-refractivity contribution in [3.63, 3.8) is 0 Å². The summed E-state index contributed by atoms with van der Waals surface area (Å²) in [6, 6.07) is 7.54. The van der Waals surface area contributed by atoms with Gasteiger partial charge in [-0.05, 0) is 61.3 Å². The number of guanidine groups is 1. The molecule has 3 rings (SSSR count). The second-order valence-electron chi connectivity index (χ2n) is 7.84. The second kappa shape index (κ2) is 8.34. The molecule has 1 saturated heterocycles. The third-order valence-corrected chi connectivity index (χ3v) is 6.34. The first-order chi connectivity index (χ1) is 12.9. The van der Waals surface area contributed by atoms with E-state index in [2.05, 4.69) is 9.89 Å². The highest BCUT2D eigenvalue weighted by molar-refractivity contribution is 6.30. The molecule has 1 aliphatic heterocycles. The maximum Gasteiger partial charge on any atom is 0.216 e. The van der Waals surface area contributed by atoms with Crippen LogP contribution in [0.15, 0.2) is 35.1 Å². The van der Waals surface area contributed by atoms with Crippen LogP contribution in [0.1, 0.15) is 51.0 Å². The van der Waals surface area contributed by atoms with Gasteiger partial charge in [0.15, 0.2) is 0 Å². The summed E-state index contributed by atoms with van der Waals surface area (Å²) in [7, 11) is 1.73. The molecule has 1 aromatic carbocycles. The van der Waals surface area contributed by atoms with E-state index >= 15 is 0 Å². The SMILES string of the molecule is C/C(=C(N)\N=C(/N(C)C=O)N1CCC2(CCCC2)CC1)c1cccc(Cl)c1. The Hall–Kier alpha value is -2.01. The van der Waals surface area contributed by atoms with Gasteiger partial charge in [-0.25, -0.2) is 0 Å². The Morgan fingerprint density at radius 1 is 1.26 bits per heavy atom. The number of likely N-dealkylation sites (tertiary alicyclic amines) is 1. The van der Waals surface area contributed by atoms with Gasteiger partial charge < -0.3 is 10.6 Å². The number of allylic oxidation sites excluding steroid dienone is 1. The predicted molar refractivity (Wildman–Crippen MR) is 111 cm³/mol. The van der Waals surface area contributed by atoms with Gasteiger partial charge in [-0.2, -0.15) is 4.99 Å². The molecule has 1 saturated carbocycles. The maximum atomic E-state index is 11.4. The van der Waals surface area contributed by atoms with Crippen molar-refractivity contribution >= 4 is 29.5 Å². The number of amides is 1. The Morgan fingerprint density at radius 2 is 1.93 bits per heavy atom. The highest BCUT2D eigenvalue weighted by atomic mass is 35.5. The topological polar surface area (TPSA) is 61.9 Å². The Balaban J connectivity index is 1.84. The summed E-state index contributed by atoms with van der Waals surface area (Å²) >= 11 is 6.09. The van der Waals surface area contributed by atoms with Gasteiger partial charge in [-0.15, -0.1) is 0 Å². The van der Waals surface area contributed by atoms with Crippen LogP contribution in [0.25, 0.3) is 5.57 Å². The van der Waals surface area contributed by atoms with Crippen LogP contribution in [-0.2, 0) is 4.79 Å². The number of carbonyl (C=O) groups excluding carboxylic acids is 1. The molecule has 1 amide bonds. The van der Waals surface area contributed by atoms with Crippen LogP contribution in [0, 0.1) is 5.41 Å². The number of hydrogen-bond donors (Lipinski definition) is 1. The molecule has 1 spiro atoms. The number of nitrogens with two attached hydrogens (primary N) is 1. The monoisotopic (exact) mass is 388 g/mol. The Kier molecular flexibility index (Phi) is 6.10. The van der Waals surface area contributed by atoms with Gasteiger partial charge >= 0.3 is 0 Å². The fourth-order valence-corrected chi connectivity index (χ4v) is 4.48. The van der Waals surface area contributed by atoms with Gasteiger partial charge in [0.25, 0.3) is 0 Å². The van der Waals surface area contributed by atoms with E-state index in [0.29, 0.717) is 22.2 Å². The van der Waals surface area contributed by atoms with Crippen molar-refractivity contribution in [1.29, 1.82) is 0 Å². The van der Waals surface area contributed by atoms with Crippen molar-refractivity contribution in [3.8, 4) is 0 Å².